The molecular formula is C14H12N2O2S2. The van der Waals surface area contributed by atoms with Crippen LogP contribution in [0.1, 0.15) is 10.4 Å². The second-order valence-corrected chi connectivity index (χ2v) is 6.41. The summed E-state index contributed by atoms with van der Waals surface area (Å²) in [6.07, 6.45) is 0.345. The number of anilines is 1. The second-order valence-electron chi connectivity index (χ2n) is 4.34. The number of thiophene rings is 2. The highest BCUT2D eigenvalue weighted by Crippen LogP contribution is 2.28. The average Bonchev–Trinajstić information content (AvgIpc) is 3.10. The zero-order valence-corrected chi connectivity index (χ0v) is 12.4. The monoisotopic (exact) mass is 304 g/mol. The van der Waals surface area contributed by atoms with Crippen LogP contribution in [0.15, 0.2) is 39.5 Å². The molecule has 4 nitrogen and oxygen atoms in total. The van der Waals surface area contributed by atoms with E-state index in [2.05, 4.69) is 10.5 Å². The predicted octanol–water partition coefficient (Wildman–Crippen LogP) is 3.95. The average molecular weight is 304 g/mol. The van der Waals surface area contributed by atoms with Gasteiger partial charge in [0, 0.05) is 10.9 Å². The van der Waals surface area contributed by atoms with Gasteiger partial charge < -0.3 is 4.52 Å². The van der Waals surface area contributed by atoms with Crippen molar-refractivity contribution in [2.75, 3.05) is 5.32 Å². The van der Waals surface area contributed by atoms with E-state index < -0.39 is 0 Å². The molecule has 3 aromatic heterocycles. The molecule has 3 heterocycles. The van der Waals surface area contributed by atoms with Crippen LogP contribution in [0, 0.1) is 6.92 Å². The number of carbonyl (C=O) groups is 1. The molecule has 102 valence electrons. The normalized spacial score (nSPS) is 10.7. The van der Waals surface area contributed by atoms with Gasteiger partial charge in [-0.15, -0.1) is 11.3 Å². The molecule has 0 aliphatic rings. The summed E-state index contributed by atoms with van der Waals surface area (Å²) >= 11 is 3.22. The van der Waals surface area contributed by atoms with E-state index in [1.165, 1.54) is 4.88 Å². The van der Waals surface area contributed by atoms with Crippen molar-refractivity contribution >= 4 is 34.5 Å². The molecule has 0 saturated carbocycles. The van der Waals surface area contributed by atoms with Gasteiger partial charge in [-0.05, 0) is 41.4 Å². The predicted molar refractivity (Wildman–Crippen MR) is 81.2 cm³/mol. The van der Waals surface area contributed by atoms with Crippen LogP contribution in [0.4, 0.5) is 5.88 Å². The van der Waals surface area contributed by atoms with Gasteiger partial charge in [-0.2, -0.15) is 11.3 Å². The molecule has 0 spiro atoms. The molecule has 20 heavy (non-hydrogen) atoms. The minimum absolute atomic E-state index is 0.103. The smallest absolute Gasteiger partial charge is 0.231 e. The van der Waals surface area contributed by atoms with E-state index in [9.17, 15) is 4.79 Å². The van der Waals surface area contributed by atoms with Crippen molar-refractivity contribution < 1.29 is 9.32 Å². The fraction of sp³-hybridized carbons (Fsp3) is 0.143. The number of nitrogens with one attached hydrogen (secondary N) is 1. The molecule has 0 atom stereocenters. The lowest BCUT2D eigenvalue weighted by molar-refractivity contribution is -0.115. The van der Waals surface area contributed by atoms with Crippen LogP contribution in [0.25, 0.3) is 10.6 Å². The molecule has 1 N–H and O–H groups in total. The third kappa shape index (κ3) is 2.97. The van der Waals surface area contributed by atoms with Crippen molar-refractivity contribution in [1.29, 1.82) is 0 Å². The molecule has 3 rings (SSSR count). The minimum atomic E-state index is -0.103. The van der Waals surface area contributed by atoms with Crippen molar-refractivity contribution in [1.82, 2.24) is 5.16 Å². The summed E-state index contributed by atoms with van der Waals surface area (Å²) < 4.78 is 5.15. The molecule has 0 unspecified atom stereocenters. The van der Waals surface area contributed by atoms with Crippen molar-refractivity contribution in [3.63, 3.8) is 0 Å². The van der Waals surface area contributed by atoms with Crippen LogP contribution in [0.3, 0.4) is 0 Å². The second kappa shape index (κ2) is 5.60. The topological polar surface area (TPSA) is 55.1 Å². The molecular weight excluding hydrogens is 292 g/mol. The number of amides is 1. The third-order valence-electron chi connectivity index (χ3n) is 2.71. The van der Waals surface area contributed by atoms with Gasteiger partial charge in [0.15, 0.2) is 0 Å². The Balaban J connectivity index is 1.66. The Morgan fingerprint density at radius 2 is 2.30 bits per heavy atom. The Hall–Kier alpha value is -1.92. The molecule has 3 aromatic rings. The maximum atomic E-state index is 11.8. The first-order valence-electron chi connectivity index (χ1n) is 6.05. The molecule has 0 bridgehead atoms. The zero-order chi connectivity index (χ0) is 13.9. The quantitative estimate of drug-likeness (QED) is 0.794. The fourth-order valence-corrected chi connectivity index (χ4v) is 3.27. The summed E-state index contributed by atoms with van der Waals surface area (Å²) in [5, 5.41) is 10.6. The lowest BCUT2D eigenvalue weighted by atomic mass is 10.2. The number of hydrogen-bond donors (Lipinski definition) is 1. The van der Waals surface area contributed by atoms with E-state index in [4.69, 9.17) is 4.52 Å². The number of hydrogen-bond acceptors (Lipinski definition) is 5. The number of carbonyl (C=O) groups excluding carboxylic acids is 1. The van der Waals surface area contributed by atoms with E-state index in [1.54, 1.807) is 28.7 Å². The Bertz CT molecular complexity index is 713. The van der Waals surface area contributed by atoms with Crippen LogP contribution < -0.4 is 5.32 Å². The van der Waals surface area contributed by atoms with Crippen LogP contribution in [-0.4, -0.2) is 11.1 Å². The van der Waals surface area contributed by atoms with Crippen molar-refractivity contribution in [3.8, 4) is 10.6 Å². The lowest BCUT2D eigenvalue weighted by Gasteiger charge is -1.98. The van der Waals surface area contributed by atoms with Crippen molar-refractivity contribution in [2.45, 2.75) is 13.3 Å². The minimum Gasteiger partial charge on any atom is -0.338 e. The van der Waals surface area contributed by atoms with Crippen LogP contribution in [-0.2, 0) is 11.2 Å². The number of rotatable bonds is 4. The first-order chi connectivity index (χ1) is 9.70. The molecule has 0 saturated heterocycles. The highest BCUT2D eigenvalue weighted by atomic mass is 32.1. The standard InChI is InChI=1S/C14H12N2O2S2/c1-9-2-3-12(20-9)11-7-14(18-16-11)15-13(17)6-10-4-5-19-8-10/h2-5,7-8H,6H2,1H3,(H,15,17). The van der Waals surface area contributed by atoms with Crippen LogP contribution >= 0.6 is 22.7 Å². The summed E-state index contributed by atoms with van der Waals surface area (Å²) in [7, 11) is 0. The highest BCUT2D eigenvalue weighted by Gasteiger charge is 2.11. The zero-order valence-electron chi connectivity index (χ0n) is 10.8. The largest absolute Gasteiger partial charge is 0.338 e. The Labute approximate surface area is 124 Å². The summed E-state index contributed by atoms with van der Waals surface area (Å²) in [4.78, 5) is 14.1. The van der Waals surface area contributed by atoms with Gasteiger partial charge >= 0.3 is 0 Å². The highest BCUT2D eigenvalue weighted by molar-refractivity contribution is 7.15. The number of aryl methyl sites for hydroxylation is 1. The Morgan fingerprint density at radius 1 is 1.40 bits per heavy atom. The Kier molecular flexibility index (Phi) is 3.66. The molecule has 0 aliphatic carbocycles. The maximum Gasteiger partial charge on any atom is 0.231 e. The summed E-state index contributed by atoms with van der Waals surface area (Å²) in [5.74, 6) is 0.278. The van der Waals surface area contributed by atoms with Gasteiger partial charge in [-0.25, -0.2) is 0 Å². The maximum absolute atomic E-state index is 11.8. The fourth-order valence-electron chi connectivity index (χ4n) is 1.78. The first-order valence-corrected chi connectivity index (χ1v) is 7.81. The summed E-state index contributed by atoms with van der Waals surface area (Å²) in [6.45, 7) is 2.04. The van der Waals surface area contributed by atoms with Crippen LogP contribution in [0.2, 0.25) is 0 Å². The Morgan fingerprint density at radius 3 is 3.00 bits per heavy atom. The number of nitrogens with zero attached hydrogens (tertiary/aromatic N) is 1. The molecule has 0 fully saturated rings. The number of aromatic nitrogens is 1. The van der Waals surface area contributed by atoms with Gasteiger partial charge in [-0.3, -0.25) is 10.1 Å². The lowest BCUT2D eigenvalue weighted by Crippen LogP contribution is -2.13. The SMILES string of the molecule is Cc1ccc(-c2cc(NC(=O)Cc3ccsc3)on2)s1. The molecule has 0 aromatic carbocycles. The van der Waals surface area contributed by atoms with Gasteiger partial charge in [0.25, 0.3) is 0 Å². The van der Waals surface area contributed by atoms with Gasteiger partial charge in [0.1, 0.15) is 5.69 Å². The van der Waals surface area contributed by atoms with E-state index in [-0.39, 0.29) is 5.91 Å². The van der Waals surface area contributed by atoms with Gasteiger partial charge in [0.2, 0.25) is 11.8 Å². The molecule has 6 heteroatoms. The van der Waals surface area contributed by atoms with E-state index in [1.807, 2.05) is 35.9 Å². The van der Waals surface area contributed by atoms with Gasteiger partial charge in [0.05, 0.1) is 11.3 Å². The third-order valence-corrected chi connectivity index (χ3v) is 4.47. The summed E-state index contributed by atoms with van der Waals surface area (Å²) in [5.41, 5.74) is 1.75. The van der Waals surface area contributed by atoms with E-state index >= 15 is 0 Å². The first kappa shape index (κ1) is 13.1. The molecule has 0 aliphatic heterocycles. The van der Waals surface area contributed by atoms with E-state index in [0.717, 1.165) is 16.1 Å². The van der Waals surface area contributed by atoms with Gasteiger partial charge in [-0.1, -0.05) is 5.16 Å². The van der Waals surface area contributed by atoms with E-state index in [0.29, 0.717) is 12.3 Å². The van der Waals surface area contributed by atoms with Crippen molar-refractivity contribution in [2.24, 2.45) is 0 Å². The molecule has 1 amide bonds. The van der Waals surface area contributed by atoms with Crippen LogP contribution in [0.5, 0.6) is 0 Å². The van der Waals surface area contributed by atoms with Crippen molar-refractivity contribution in [3.05, 3.63) is 45.5 Å². The molecule has 0 radical (unpaired) electrons. The summed E-state index contributed by atoms with van der Waals surface area (Å²) in [6, 6.07) is 7.71.